The lowest BCUT2D eigenvalue weighted by molar-refractivity contribution is -0.118. The zero-order chi connectivity index (χ0) is 19.0. The lowest BCUT2D eigenvalue weighted by Crippen LogP contribution is -2.31. The van der Waals surface area contributed by atoms with Gasteiger partial charge in [-0.15, -0.1) is 0 Å². The fraction of sp³-hybridized carbons (Fsp3) is 0.333. The van der Waals surface area contributed by atoms with E-state index in [-0.39, 0.29) is 17.5 Å². The summed E-state index contributed by atoms with van der Waals surface area (Å²) in [5.74, 6) is 2.24. The molecule has 2 atom stereocenters. The van der Waals surface area contributed by atoms with Gasteiger partial charge in [-0.25, -0.2) is 0 Å². The molecule has 3 nitrogen and oxygen atoms in total. The Morgan fingerprint density at radius 2 is 1.74 bits per heavy atom. The average molecular weight is 360 g/mol. The van der Waals surface area contributed by atoms with Crippen LogP contribution in [0.2, 0.25) is 0 Å². The largest absolute Gasteiger partial charge is 0.461 e. The lowest BCUT2D eigenvalue weighted by Gasteiger charge is -2.36. The lowest BCUT2D eigenvalue weighted by atomic mass is 9.73. The van der Waals surface area contributed by atoms with Gasteiger partial charge in [0.1, 0.15) is 11.5 Å². The van der Waals surface area contributed by atoms with Gasteiger partial charge < -0.3 is 4.74 Å². The van der Waals surface area contributed by atoms with Gasteiger partial charge in [-0.05, 0) is 17.9 Å². The normalized spacial score (nSPS) is 21.5. The average Bonchev–Trinajstić information content (AvgIpc) is 2.68. The molecular weight excluding hydrogens is 336 g/mol. The Kier molecular flexibility index (Phi) is 4.69. The molecule has 2 aromatic rings. The molecule has 2 aromatic carbocycles. The van der Waals surface area contributed by atoms with Crippen molar-refractivity contribution in [2.45, 2.75) is 39.0 Å². The van der Waals surface area contributed by atoms with Crippen molar-refractivity contribution in [1.82, 2.24) is 0 Å². The molecule has 0 saturated carbocycles. The molecule has 0 spiro atoms. The molecule has 0 amide bonds. The highest BCUT2D eigenvalue weighted by molar-refractivity contribution is 6.02. The third-order valence-corrected chi connectivity index (χ3v) is 5.80. The van der Waals surface area contributed by atoms with Gasteiger partial charge in [0.15, 0.2) is 11.6 Å². The highest BCUT2D eigenvalue weighted by Gasteiger charge is 2.39. The van der Waals surface area contributed by atoms with Crippen molar-refractivity contribution in [3.63, 3.8) is 0 Å². The number of rotatable bonds is 4. The summed E-state index contributed by atoms with van der Waals surface area (Å²) in [5.41, 5.74) is 2.35. The molecule has 1 heterocycles. The first-order valence-corrected chi connectivity index (χ1v) is 9.66. The highest BCUT2D eigenvalue weighted by atomic mass is 16.5. The van der Waals surface area contributed by atoms with Gasteiger partial charge in [0.25, 0.3) is 0 Å². The monoisotopic (exact) mass is 360 g/mol. The first-order chi connectivity index (χ1) is 13.0. The Hall–Kier alpha value is -2.68. The number of ether oxygens (including phenoxy) is 1. The smallest absolute Gasteiger partial charge is 0.163 e. The summed E-state index contributed by atoms with van der Waals surface area (Å²) >= 11 is 0. The summed E-state index contributed by atoms with van der Waals surface area (Å²) in [4.78, 5) is 25.9. The highest BCUT2D eigenvalue weighted by Crippen LogP contribution is 2.47. The summed E-state index contributed by atoms with van der Waals surface area (Å²) in [6.07, 6.45) is 1.60. The maximum atomic E-state index is 13.0. The van der Waals surface area contributed by atoms with E-state index >= 15 is 0 Å². The Morgan fingerprint density at radius 1 is 1.04 bits per heavy atom. The van der Waals surface area contributed by atoms with Crippen LogP contribution in [0.5, 0.6) is 5.75 Å². The van der Waals surface area contributed by atoms with Crippen LogP contribution in [0, 0.1) is 11.8 Å². The predicted molar refractivity (Wildman–Crippen MR) is 105 cm³/mol. The molecule has 0 bridgehead atoms. The third kappa shape index (κ3) is 3.34. The molecular formula is C24H24O3. The molecule has 0 aromatic heterocycles. The van der Waals surface area contributed by atoms with Crippen molar-refractivity contribution in [2.75, 3.05) is 0 Å². The van der Waals surface area contributed by atoms with Gasteiger partial charge in [-0.2, -0.15) is 0 Å². The molecule has 0 fully saturated rings. The minimum absolute atomic E-state index is 0.0583. The Morgan fingerprint density at radius 3 is 2.48 bits per heavy atom. The van der Waals surface area contributed by atoms with Crippen molar-refractivity contribution in [1.29, 1.82) is 0 Å². The Bertz CT molecular complexity index is 908. The number of benzene rings is 2. The first kappa shape index (κ1) is 17.7. The Labute approximate surface area is 160 Å². The van der Waals surface area contributed by atoms with Crippen molar-refractivity contribution in [2.24, 2.45) is 11.8 Å². The number of carbonyl (C=O) groups is 2. The second-order valence-electron chi connectivity index (χ2n) is 7.86. The summed E-state index contributed by atoms with van der Waals surface area (Å²) in [5, 5.41) is 0. The van der Waals surface area contributed by atoms with Crippen molar-refractivity contribution >= 4 is 11.6 Å². The SMILES string of the molecule is CC(C)C1CC(=O)C2=C(C1)Oc1ccccc1C2CC(=O)c1ccccc1. The number of hydrogen-bond acceptors (Lipinski definition) is 3. The maximum absolute atomic E-state index is 13.0. The topological polar surface area (TPSA) is 43.4 Å². The second kappa shape index (κ2) is 7.15. The Balaban J connectivity index is 1.73. The number of Topliss-reactive ketones (excluding diaryl/α,β-unsaturated/α-hetero) is 2. The third-order valence-electron chi connectivity index (χ3n) is 5.80. The van der Waals surface area contributed by atoms with Gasteiger partial charge in [-0.3, -0.25) is 9.59 Å². The van der Waals surface area contributed by atoms with E-state index in [1.54, 1.807) is 0 Å². The van der Waals surface area contributed by atoms with E-state index in [9.17, 15) is 9.59 Å². The van der Waals surface area contributed by atoms with Crippen LogP contribution in [-0.2, 0) is 4.79 Å². The minimum atomic E-state index is -0.224. The molecule has 27 heavy (non-hydrogen) atoms. The summed E-state index contributed by atoms with van der Waals surface area (Å²) in [6.45, 7) is 4.30. The van der Waals surface area contributed by atoms with Crippen molar-refractivity contribution in [3.05, 3.63) is 77.1 Å². The van der Waals surface area contributed by atoms with E-state index in [2.05, 4.69) is 13.8 Å². The number of para-hydroxylation sites is 1. The second-order valence-corrected chi connectivity index (χ2v) is 7.86. The molecule has 4 rings (SSSR count). The predicted octanol–water partition coefficient (Wildman–Crippen LogP) is 5.32. The standard InChI is InChI=1S/C24H24O3/c1-15(2)17-12-21(26)24-19(14-20(25)16-8-4-3-5-9-16)18-10-6-7-11-22(18)27-23(24)13-17/h3-11,15,17,19H,12-14H2,1-2H3. The molecule has 3 heteroatoms. The molecule has 0 saturated heterocycles. The summed E-state index contributed by atoms with van der Waals surface area (Å²) in [6, 6.07) is 17.1. The summed E-state index contributed by atoms with van der Waals surface area (Å²) < 4.78 is 6.15. The van der Waals surface area contributed by atoms with E-state index < -0.39 is 0 Å². The van der Waals surface area contributed by atoms with Crippen LogP contribution in [0.1, 0.15) is 54.9 Å². The van der Waals surface area contributed by atoms with E-state index in [0.29, 0.717) is 30.2 Å². The van der Waals surface area contributed by atoms with E-state index in [0.717, 1.165) is 29.1 Å². The van der Waals surface area contributed by atoms with Crippen LogP contribution in [0.15, 0.2) is 65.9 Å². The molecule has 0 radical (unpaired) electrons. The molecule has 138 valence electrons. The van der Waals surface area contributed by atoms with E-state index in [4.69, 9.17) is 4.74 Å². The first-order valence-electron chi connectivity index (χ1n) is 9.66. The van der Waals surface area contributed by atoms with Crippen LogP contribution < -0.4 is 4.74 Å². The zero-order valence-electron chi connectivity index (χ0n) is 15.8. The van der Waals surface area contributed by atoms with Crippen LogP contribution in [0.3, 0.4) is 0 Å². The maximum Gasteiger partial charge on any atom is 0.163 e. The van der Waals surface area contributed by atoms with E-state index in [1.165, 1.54) is 0 Å². The van der Waals surface area contributed by atoms with Crippen LogP contribution in [-0.4, -0.2) is 11.6 Å². The van der Waals surface area contributed by atoms with Crippen LogP contribution in [0.4, 0.5) is 0 Å². The molecule has 1 aliphatic carbocycles. The quantitative estimate of drug-likeness (QED) is 0.693. The fourth-order valence-corrected chi connectivity index (χ4v) is 4.17. The summed E-state index contributed by atoms with van der Waals surface area (Å²) in [7, 11) is 0. The number of allylic oxidation sites excluding steroid dienone is 2. The number of fused-ring (bicyclic) bond motifs is 1. The minimum Gasteiger partial charge on any atom is -0.461 e. The number of hydrogen-bond donors (Lipinski definition) is 0. The van der Waals surface area contributed by atoms with Crippen molar-refractivity contribution < 1.29 is 14.3 Å². The molecule has 1 aliphatic heterocycles. The zero-order valence-corrected chi connectivity index (χ0v) is 15.8. The van der Waals surface area contributed by atoms with Gasteiger partial charge in [0, 0.05) is 41.9 Å². The molecule has 2 aliphatic rings. The van der Waals surface area contributed by atoms with Gasteiger partial charge >= 0.3 is 0 Å². The van der Waals surface area contributed by atoms with Crippen LogP contribution >= 0.6 is 0 Å². The van der Waals surface area contributed by atoms with Crippen molar-refractivity contribution in [3.8, 4) is 5.75 Å². The van der Waals surface area contributed by atoms with Gasteiger partial charge in [-0.1, -0.05) is 62.4 Å². The van der Waals surface area contributed by atoms with Crippen LogP contribution in [0.25, 0.3) is 0 Å². The van der Waals surface area contributed by atoms with Gasteiger partial charge in [0.05, 0.1) is 0 Å². The van der Waals surface area contributed by atoms with Gasteiger partial charge in [0.2, 0.25) is 0 Å². The number of ketones is 2. The molecule has 0 N–H and O–H groups in total. The fourth-order valence-electron chi connectivity index (χ4n) is 4.17. The molecule has 2 unspecified atom stereocenters. The number of carbonyl (C=O) groups excluding carboxylic acids is 2. The van der Waals surface area contributed by atoms with E-state index in [1.807, 2.05) is 54.6 Å².